The molecule has 0 atom stereocenters. The Balaban J connectivity index is 1.84. The second-order valence-electron chi connectivity index (χ2n) is 5.54. The van der Waals surface area contributed by atoms with Gasteiger partial charge in [-0.3, -0.25) is 4.79 Å². The van der Waals surface area contributed by atoms with Crippen molar-refractivity contribution >= 4 is 5.91 Å². The topological polar surface area (TPSA) is 63.2 Å². The van der Waals surface area contributed by atoms with E-state index in [2.05, 4.69) is 22.5 Å². The molecule has 1 aliphatic rings. The van der Waals surface area contributed by atoms with Crippen LogP contribution in [0.5, 0.6) is 5.88 Å². The fourth-order valence-electron chi connectivity index (χ4n) is 2.78. The third kappa shape index (κ3) is 4.43. The lowest BCUT2D eigenvalue weighted by atomic mass is 9.91. The molecule has 2 N–H and O–H groups in total. The molecule has 1 aromatic heterocycles. The number of nitrogens with zero attached hydrogens (tertiary/aromatic N) is 1. The predicted octanol–water partition coefficient (Wildman–Crippen LogP) is 2.13. The van der Waals surface area contributed by atoms with Gasteiger partial charge in [0.05, 0.1) is 7.11 Å². The molecule has 116 valence electrons. The Kier molecular flexibility index (Phi) is 5.99. The van der Waals surface area contributed by atoms with Crippen molar-refractivity contribution < 1.29 is 9.53 Å². The van der Waals surface area contributed by atoms with Crippen LogP contribution in [0, 0.1) is 0 Å². The Labute approximate surface area is 126 Å². The summed E-state index contributed by atoms with van der Waals surface area (Å²) in [6.45, 7) is 3.26. The molecule has 1 amide bonds. The summed E-state index contributed by atoms with van der Waals surface area (Å²) in [6.07, 6.45) is 7.08. The molecular formula is C16H25N3O2. The summed E-state index contributed by atoms with van der Waals surface area (Å²) in [6, 6.07) is 4.35. The first-order chi connectivity index (χ1) is 10.2. The number of carbonyl (C=O) groups is 1. The summed E-state index contributed by atoms with van der Waals surface area (Å²) in [5, 5.41) is 6.65. The second kappa shape index (κ2) is 7.98. The molecule has 0 saturated heterocycles. The average molecular weight is 291 g/mol. The molecule has 0 bridgehead atoms. The molecule has 0 spiro atoms. The van der Waals surface area contributed by atoms with E-state index in [1.165, 1.54) is 7.11 Å². The number of aromatic nitrogens is 1. The number of ether oxygens (including phenoxy) is 1. The monoisotopic (exact) mass is 291 g/mol. The van der Waals surface area contributed by atoms with Gasteiger partial charge >= 0.3 is 0 Å². The van der Waals surface area contributed by atoms with Crippen LogP contribution in [0.1, 0.15) is 49.4 Å². The summed E-state index contributed by atoms with van der Waals surface area (Å²) in [5.41, 5.74) is 0.506. The molecule has 5 heteroatoms. The maximum atomic E-state index is 12.3. The van der Waals surface area contributed by atoms with Crippen molar-refractivity contribution in [1.82, 2.24) is 15.6 Å². The molecule has 0 aromatic carbocycles. The van der Waals surface area contributed by atoms with Crippen LogP contribution in [0.4, 0.5) is 0 Å². The number of hydrogen-bond acceptors (Lipinski definition) is 4. The van der Waals surface area contributed by atoms with E-state index in [-0.39, 0.29) is 11.9 Å². The van der Waals surface area contributed by atoms with Crippen LogP contribution in [0.3, 0.4) is 0 Å². The molecule has 5 nitrogen and oxygen atoms in total. The summed E-state index contributed by atoms with van der Waals surface area (Å²) >= 11 is 0. The van der Waals surface area contributed by atoms with Crippen LogP contribution in [0.25, 0.3) is 0 Å². The van der Waals surface area contributed by atoms with E-state index >= 15 is 0 Å². The van der Waals surface area contributed by atoms with Crippen molar-refractivity contribution in [3.63, 3.8) is 0 Å². The van der Waals surface area contributed by atoms with Gasteiger partial charge in [0.2, 0.25) is 5.88 Å². The number of carbonyl (C=O) groups excluding carboxylic acids is 1. The molecule has 1 aliphatic carbocycles. The van der Waals surface area contributed by atoms with Gasteiger partial charge in [0, 0.05) is 18.3 Å². The fourth-order valence-corrected chi connectivity index (χ4v) is 2.78. The lowest BCUT2D eigenvalue weighted by Crippen LogP contribution is -2.42. The molecule has 1 saturated carbocycles. The van der Waals surface area contributed by atoms with Crippen molar-refractivity contribution in [2.75, 3.05) is 13.7 Å². The maximum Gasteiger partial charge on any atom is 0.256 e. The highest BCUT2D eigenvalue weighted by atomic mass is 16.5. The van der Waals surface area contributed by atoms with E-state index in [0.717, 1.165) is 38.6 Å². The van der Waals surface area contributed by atoms with Gasteiger partial charge in [-0.2, -0.15) is 0 Å². The van der Waals surface area contributed by atoms with Crippen LogP contribution in [-0.2, 0) is 0 Å². The summed E-state index contributed by atoms with van der Waals surface area (Å²) in [4.78, 5) is 16.4. The van der Waals surface area contributed by atoms with E-state index in [0.29, 0.717) is 17.5 Å². The van der Waals surface area contributed by atoms with Gasteiger partial charge in [-0.25, -0.2) is 4.98 Å². The third-order valence-corrected chi connectivity index (χ3v) is 3.95. The van der Waals surface area contributed by atoms with Gasteiger partial charge in [0.25, 0.3) is 5.91 Å². The third-order valence-electron chi connectivity index (χ3n) is 3.95. The van der Waals surface area contributed by atoms with E-state index in [9.17, 15) is 4.79 Å². The van der Waals surface area contributed by atoms with Crippen molar-refractivity contribution in [2.45, 2.75) is 51.1 Å². The van der Waals surface area contributed by atoms with Gasteiger partial charge < -0.3 is 15.4 Å². The van der Waals surface area contributed by atoms with Gasteiger partial charge in [-0.15, -0.1) is 0 Å². The lowest BCUT2D eigenvalue weighted by molar-refractivity contribution is 0.0920. The molecule has 1 heterocycles. The van der Waals surface area contributed by atoms with Crippen molar-refractivity contribution in [3.05, 3.63) is 23.9 Å². The van der Waals surface area contributed by atoms with Crippen molar-refractivity contribution in [2.24, 2.45) is 0 Å². The highest BCUT2D eigenvalue weighted by Gasteiger charge is 2.23. The van der Waals surface area contributed by atoms with Gasteiger partial charge in [0.1, 0.15) is 5.56 Å². The Hall–Kier alpha value is -1.62. The molecule has 0 radical (unpaired) electrons. The predicted molar refractivity (Wildman–Crippen MR) is 82.6 cm³/mol. The maximum absolute atomic E-state index is 12.3. The Morgan fingerprint density at radius 2 is 2.05 bits per heavy atom. The largest absolute Gasteiger partial charge is 0.480 e. The highest BCUT2D eigenvalue weighted by Crippen LogP contribution is 2.20. The quantitative estimate of drug-likeness (QED) is 0.843. The second-order valence-corrected chi connectivity index (χ2v) is 5.54. The summed E-state index contributed by atoms with van der Waals surface area (Å²) in [7, 11) is 1.53. The van der Waals surface area contributed by atoms with Crippen LogP contribution in [0.2, 0.25) is 0 Å². The zero-order valence-electron chi connectivity index (χ0n) is 12.9. The molecule has 0 unspecified atom stereocenters. The van der Waals surface area contributed by atoms with E-state index < -0.39 is 0 Å². The van der Waals surface area contributed by atoms with Crippen LogP contribution >= 0.6 is 0 Å². The van der Waals surface area contributed by atoms with Gasteiger partial charge in [-0.05, 0) is 50.8 Å². The zero-order chi connectivity index (χ0) is 15.1. The van der Waals surface area contributed by atoms with E-state index in [4.69, 9.17) is 4.74 Å². The lowest BCUT2D eigenvalue weighted by Gasteiger charge is -2.29. The normalized spacial score (nSPS) is 21.8. The smallest absolute Gasteiger partial charge is 0.256 e. The Morgan fingerprint density at radius 3 is 2.71 bits per heavy atom. The first-order valence-electron chi connectivity index (χ1n) is 7.77. The Morgan fingerprint density at radius 1 is 1.33 bits per heavy atom. The van der Waals surface area contributed by atoms with Crippen LogP contribution in [-0.4, -0.2) is 36.6 Å². The molecule has 2 rings (SSSR count). The molecule has 1 fully saturated rings. The number of methoxy groups -OCH3 is 1. The fraction of sp³-hybridized carbons (Fsp3) is 0.625. The van der Waals surface area contributed by atoms with Crippen molar-refractivity contribution in [3.8, 4) is 5.88 Å². The van der Waals surface area contributed by atoms with Crippen LogP contribution < -0.4 is 15.4 Å². The number of rotatable bonds is 6. The summed E-state index contributed by atoms with van der Waals surface area (Å²) < 4.78 is 5.14. The van der Waals surface area contributed by atoms with Gasteiger partial charge in [0.15, 0.2) is 0 Å². The minimum atomic E-state index is -0.0927. The number of amides is 1. The summed E-state index contributed by atoms with van der Waals surface area (Å²) in [5.74, 6) is 0.290. The number of hydrogen-bond donors (Lipinski definition) is 2. The van der Waals surface area contributed by atoms with Crippen LogP contribution in [0.15, 0.2) is 18.3 Å². The average Bonchev–Trinajstić information content (AvgIpc) is 2.54. The minimum absolute atomic E-state index is 0.0927. The first kappa shape index (κ1) is 15.8. The Bertz CT molecular complexity index is 457. The number of nitrogens with one attached hydrogen (secondary N) is 2. The molecular weight excluding hydrogens is 266 g/mol. The van der Waals surface area contributed by atoms with E-state index in [1.54, 1.807) is 18.3 Å². The van der Waals surface area contributed by atoms with Crippen molar-refractivity contribution in [1.29, 1.82) is 0 Å². The first-order valence-corrected chi connectivity index (χ1v) is 7.77. The highest BCUT2D eigenvalue weighted by molar-refractivity contribution is 5.96. The standard InChI is InChI=1S/C16H25N3O2/c1-3-10-17-12-6-8-13(9-7-12)19-15(20)14-5-4-11-18-16(14)21-2/h4-5,11-13,17H,3,6-10H2,1-2H3,(H,19,20). The number of pyridine rings is 1. The molecule has 1 aromatic rings. The SMILES string of the molecule is CCCNC1CCC(NC(=O)c2cccnc2OC)CC1. The minimum Gasteiger partial charge on any atom is -0.480 e. The molecule has 21 heavy (non-hydrogen) atoms. The molecule has 0 aliphatic heterocycles. The van der Waals surface area contributed by atoms with Gasteiger partial charge in [-0.1, -0.05) is 6.92 Å². The van der Waals surface area contributed by atoms with E-state index in [1.807, 2.05) is 0 Å². The zero-order valence-corrected chi connectivity index (χ0v) is 12.9.